The van der Waals surface area contributed by atoms with Gasteiger partial charge >= 0.3 is 0 Å². The Morgan fingerprint density at radius 3 is 2.80 bits per heavy atom. The van der Waals surface area contributed by atoms with E-state index in [1.54, 1.807) is 0 Å². The molecule has 2 saturated heterocycles. The summed E-state index contributed by atoms with van der Waals surface area (Å²) in [5.41, 5.74) is 0. The standard InChI is InChI=1S/C12H24N2O/c1-2-15-10-12-4-3-9-14(12)11-5-7-13-8-6-11/h11-13H,2-10H2,1H3. The van der Waals surface area contributed by atoms with Crippen LogP contribution in [0.1, 0.15) is 32.6 Å². The first kappa shape index (κ1) is 11.4. The average Bonchev–Trinajstić information content (AvgIpc) is 2.75. The molecule has 2 aliphatic rings. The maximum Gasteiger partial charge on any atom is 0.0621 e. The van der Waals surface area contributed by atoms with E-state index in [2.05, 4.69) is 17.1 Å². The van der Waals surface area contributed by atoms with Gasteiger partial charge in [0.1, 0.15) is 0 Å². The summed E-state index contributed by atoms with van der Waals surface area (Å²) in [6.45, 7) is 7.58. The van der Waals surface area contributed by atoms with E-state index in [1.807, 2.05) is 0 Å². The van der Waals surface area contributed by atoms with Crippen molar-refractivity contribution in [2.75, 3.05) is 32.8 Å². The summed E-state index contributed by atoms with van der Waals surface area (Å²) in [6, 6.07) is 1.52. The van der Waals surface area contributed by atoms with Crippen LogP contribution in [-0.4, -0.2) is 49.8 Å². The molecule has 0 saturated carbocycles. The van der Waals surface area contributed by atoms with Crippen LogP contribution in [0.25, 0.3) is 0 Å². The predicted octanol–water partition coefficient (Wildman–Crippen LogP) is 1.24. The van der Waals surface area contributed by atoms with Gasteiger partial charge in [0.2, 0.25) is 0 Å². The predicted molar refractivity (Wildman–Crippen MR) is 62.1 cm³/mol. The van der Waals surface area contributed by atoms with Gasteiger partial charge in [-0.25, -0.2) is 0 Å². The van der Waals surface area contributed by atoms with Crippen LogP contribution in [0, 0.1) is 0 Å². The Labute approximate surface area is 93.2 Å². The highest BCUT2D eigenvalue weighted by Gasteiger charge is 2.31. The first-order valence-electron chi connectivity index (χ1n) is 6.46. The van der Waals surface area contributed by atoms with Crippen LogP contribution < -0.4 is 5.32 Å². The molecule has 2 aliphatic heterocycles. The Morgan fingerprint density at radius 2 is 2.07 bits per heavy atom. The van der Waals surface area contributed by atoms with Gasteiger partial charge in [-0.1, -0.05) is 0 Å². The summed E-state index contributed by atoms with van der Waals surface area (Å²) in [7, 11) is 0. The minimum Gasteiger partial charge on any atom is -0.380 e. The van der Waals surface area contributed by atoms with Crippen molar-refractivity contribution in [3.63, 3.8) is 0 Å². The zero-order valence-electron chi connectivity index (χ0n) is 9.87. The van der Waals surface area contributed by atoms with Crippen LogP contribution >= 0.6 is 0 Å². The average molecular weight is 212 g/mol. The van der Waals surface area contributed by atoms with Crippen LogP contribution in [0.15, 0.2) is 0 Å². The van der Waals surface area contributed by atoms with E-state index in [9.17, 15) is 0 Å². The monoisotopic (exact) mass is 212 g/mol. The van der Waals surface area contributed by atoms with Crippen molar-refractivity contribution in [2.24, 2.45) is 0 Å². The second-order valence-corrected chi connectivity index (χ2v) is 4.67. The van der Waals surface area contributed by atoms with Gasteiger partial charge in [0.05, 0.1) is 6.61 Å². The molecule has 0 aromatic heterocycles. The molecule has 2 fully saturated rings. The van der Waals surface area contributed by atoms with E-state index in [-0.39, 0.29) is 0 Å². The van der Waals surface area contributed by atoms with Gasteiger partial charge in [-0.2, -0.15) is 0 Å². The SMILES string of the molecule is CCOCC1CCCN1C1CCNCC1. The van der Waals surface area contributed by atoms with E-state index in [4.69, 9.17) is 4.74 Å². The maximum atomic E-state index is 5.58. The van der Waals surface area contributed by atoms with E-state index in [0.29, 0.717) is 6.04 Å². The smallest absolute Gasteiger partial charge is 0.0621 e. The minimum absolute atomic E-state index is 0.702. The van der Waals surface area contributed by atoms with Crippen molar-refractivity contribution in [2.45, 2.75) is 44.7 Å². The summed E-state index contributed by atoms with van der Waals surface area (Å²) in [4.78, 5) is 2.70. The molecule has 3 nitrogen and oxygen atoms in total. The highest BCUT2D eigenvalue weighted by molar-refractivity contribution is 4.87. The molecule has 2 heterocycles. The quantitative estimate of drug-likeness (QED) is 0.759. The molecule has 1 N–H and O–H groups in total. The van der Waals surface area contributed by atoms with Crippen LogP contribution in [-0.2, 0) is 4.74 Å². The van der Waals surface area contributed by atoms with Crippen molar-refractivity contribution in [3.8, 4) is 0 Å². The third-order valence-corrected chi connectivity index (χ3v) is 3.71. The maximum absolute atomic E-state index is 5.58. The molecule has 0 spiro atoms. The van der Waals surface area contributed by atoms with Crippen molar-refractivity contribution in [1.29, 1.82) is 0 Å². The van der Waals surface area contributed by atoms with Crippen LogP contribution in [0.3, 0.4) is 0 Å². The second-order valence-electron chi connectivity index (χ2n) is 4.67. The fourth-order valence-electron chi connectivity index (χ4n) is 2.91. The van der Waals surface area contributed by atoms with Gasteiger partial charge in [0.15, 0.2) is 0 Å². The Hall–Kier alpha value is -0.120. The fourth-order valence-corrected chi connectivity index (χ4v) is 2.91. The number of piperidine rings is 1. The third kappa shape index (κ3) is 2.92. The highest BCUT2D eigenvalue weighted by atomic mass is 16.5. The Kier molecular flexibility index (Phi) is 4.42. The van der Waals surface area contributed by atoms with Crippen LogP contribution in [0.4, 0.5) is 0 Å². The summed E-state index contributed by atoms with van der Waals surface area (Å²) in [5, 5.41) is 3.44. The molecular weight excluding hydrogens is 188 g/mol. The molecule has 0 aromatic carbocycles. The van der Waals surface area contributed by atoms with Gasteiger partial charge in [0.25, 0.3) is 0 Å². The van der Waals surface area contributed by atoms with E-state index < -0.39 is 0 Å². The molecule has 0 aliphatic carbocycles. The number of nitrogens with zero attached hydrogens (tertiary/aromatic N) is 1. The van der Waals surface area contributed by atoms with E-state index in [1.165, 1.54) is 45.3 Å². The third-order valence-electron chi connectivity index (χ3n) is 3.71. The van der Waals surface area contributed by atoms with Gasteiger partial charge in [-0.05, 0) is 52.2 Å². The molecule has 0 aromatic rings. The molecular formula is C12H24N2O. The number of rotatable bonds is 4. The fraction of sp³-hybridized carbons (Fsp3) is 1.00. The Balaban J connectivity index is 1.82. The number of ether oxygens (including phenoxy) is 1. The number of hydrogen-bond acceptors (Lipinski definition) is 3. The lowest BCUT2D eigenvalue weighted by molar-refractivity contribution is 0.0578. The molecule has 88 valence electrons. The van der Waals surface area contributed by atoms with Crippen molar-refractivity contribution in [1.82, 2.24) is 10.2 Å². The topological polar surface area (TPSA) is 24.5 Å². The summed E-state index contributed by atoms with van der Waals surface area (Å²) < 4.78 is 5.58. The van der Waals surface area contributed by atoms with Gasteiger partial charge in [0, 0.05) is 18.7 Å². The van der Waals surface area contributed by atoms with Crippen LogP contribution in [0.2, 0.25) is 0 Å². The molecule has 1 unspecified atom stereocenters. The summed E-state index contributed by atoms with van der Waals surface area (Å²) >= 11 is 0. The van der Waals surface area contributed by atoms with Crippen molar-refractivity contribution < 1.29 is 4.74 Å². The number of likely N-dealkylation sites (tertiary alicyclic amines) is 1. The minimum atomic E-state index is 0.702. The summed E-state index contributed by atoms with van der Waals surface area (Å²) in [6.07, 6.45) is 5.34. The Bertz CT molecular complexity index is 180. The van der Waals surface area contributed by atoms with Crippen LogP contribution in [0.5, 0.6) is 0 Å². The number of nitrogens with one attached hydrogen (secondary N) is 1. The molecule has 2 rings (SSSR count). The zero-order chi connectivity index (χ0) is 10.5. The van der Waals surface area contributed by atoms with Gasteiger partial charge in [-0.15, -0.1) is 0 Å². The molecule has 0 amide bonds. The lowest BCUT2D eigenvalue weighted by Crippen LogP contribution is -2.46. The molecule has 0 bridgehead atoms. The zero-order valence-corrected chi connectivity index (χ0v) is 9.87. The highest BCUT2D eigenvalue weighted by Crippen LogP contribution is 2.24. The van der Waals surface area contributed by atoms with Gasteiger partial charge in [-0.3, -0.25) is 4.90 Å². The first-order chi connectivity index (χ1) is 7.42. The lowest BCUT2D eigenvalue weighted by atomic mass is 10.0. The molecule has 1 atom stereocenters. The number of hydrogen-bond donors (Lipinski definition) is 1. The van der Waals surface area contributed by atoms with Crippen molar-refractivity contribution >= 4 is 0 Å². The largest absolute Gasteiger partial charge is 0.380 e. The Morgan fingerprint density at radius 1 is 1.27 bits per heavy atom. The lowest BCUT2D eigenvalue weighted by Gasteiger charge is -2.35. The molecule has 3 heteroatoms. The second kappa shape index (κ2) is 5.83. The molecule has 15 heavy (non-hydrogen) atoms. The summed E-state index contributed by atoms with van der Waals surface area (Å²) in [5.74, 6) is 0. The van der Waals surface area contributed by atoms with Gasteiger partial charge < -0.3 is 10.1 Å². The first-order valence-corrected chi connectivity index (χ1v) is 6.46. The van der Waals surface area contributed by atoms with Crippen molar-refractivity contribution in [3.05, 3.63) is 0 Å². The normalized spacial score (nSPS) is 29.8. The molecule has 0 radical (unpaired) electrons. The van der Waals surface area contributed by atoms with E-state index >= 15 is 0 Å². The van der Waals surface area contributed by atoms with E-state index in [0.717, 1.165) is 19.3 Å².